The first-order chi connectivity index (χ1) is 11.6. The summed E-state index contributed by atoms with van der Waals surface area (Å²) in [4.78, 5) is 25.7. The Hall–Kier alpha value is -3.34. The van der Waals surface area contributed by atoms with Gasteiger partial charge in [-0.05, 0) is 30.7 Å². The summed E-state index contributed by atoms with van der Waals surface area (Å²) in [6.07, 6.45) is 2.05. The summed E-state index contributed by atoms with van der Waals surface area (Å²) in [6, 6.07) is 9.62. The van der Waals surface area contributed by atoms with Gasteiger partial charge >= 0.3 is 6.03 Å². The maximum atomic E-state index is 12.3. The summed E-state index contributed by atoms with van der Waals surface area (Å²) < 4.78 is 4.63. The average Bonchev–Trinajstić information content (AvgIpc) is 3.08. The van der Waals surface area contributed by atoms with Crippen molar-refractivity contribution >= 4 is 23.4 Å². The predicted octanol–water partition coefficient (Wildman–Crippen LogP) is 2.43. The molecule has 0 aliphatic carbocycles. The third kappa shape index (κ3) is 4.84. The van der Waals surface area contributed by atoms with Crippen LogP contribution in [0.4, 0.5) is 16.3 Å². The summed E-state index contributed by atoms with van der Waals surface area (Å²) >= 11 is 0. The van der Waals surface area contributed by atoms with Gasteiger partial charge in [0.15, 0.2) is 5.82 Å². The highest BCUT2D eigenvalue weighted by atomic mass is 16.5. The Labute approximate surface area is 139 Å². The van der Waals surface area contributed by atoms with Gasteiger partial charge in [0.1, 0.15) is 12.8 Å². The van der Waals surface area contributed by atoms with Crippen LogP contribution in [0.15, 0.2) is 41.1 Å². The van der Waals surface area contributed by atoms with Gasteiger partial charge in [-0.15, -0.1) is 0 Å². The minimum atomic E-state index is -0.392. The van der Waals surface area contributed by atoms with Crippen molar-refractivity contribution in [1.82, 2.24) is 10.1 Å². The Morgan fingerprint density at radius 3 is 2.58 bits per heavy atom. The van der Waals surface area contributed by atoms with E-state index in [2.05, 4.69) is 20.3 Å². The van der Waals surface area contributed by atoms with Crippen LogP contribution in [0.5, 0.6) is 0 Å². The Balaban J connectivity index is 1.96. The second-order valence-corrected chi connectivity index (χ2v) is 4.97. The first-order valence-electron chi connectivity index (χ1n) is 7.38. The molecule has 0 fully saturated rings. The van der Waals surface area contributed by atoms with E-state index in [0.29, 0.717) is 30.0 Å². The fourth-order valence-electron chi connectivity index (χ4n) is 1.99. The van der Waals surface area contributed by atoms with E-state index in [9.17, 15) is 9.59 Å². The Morgan fingerprint density at radius 2 is 2.00 bits per heavy atom. The number of urea groups is 1. The van der Waals surface area contributed by atoms with Crippen LogP contribution in [0, 0.1) is 11.3 Å². The number of carbonyl (C=O) groups excluding carboxylic acids is 2. The molecule has 124 valence electrons. The summed E-state index contributed by atoms with van der Waals surface area (Å²) in [5, 5.41) is 17.6. The molecule has 0 atom stereocenters. The first-order valence-corrected chi connectivity index (χ1v) is 7.38. The minimum Gasteiger partial charge on any atom is -0.363 e. The molecule has 24 heavy (non-hydrogen) atoms. The lowest BCUT2D eigenvalue weighted by Crippen LogP contribution is -2.41. The number of nitriles is 1. The maximum Gasteiger partial charge on any atom is 0.322 e. The van der Waals surface area contributed by atoms with E-state index >= 15 is 0 Å². The molecule has 2 aromatic rings. The fraction of sp³-hybridized carbons (Fsp3) is 0.250. The molecule has 0 bridgehead atoms. The molecule has 2 N–H and O–H groups in total. The zero-order valence-electron chi connectivity index (χ0n) is 13.2. The van der Waals surface area contributed by atoms with Crippen molar-refractivity contribution in [2.45, 2.75) is 13.3 Å². The molecule has 8 heteroatoms. The summed E-state index contributed by atoms with van der Waals surface area (Å²) in [5.74, 6) is -0.0729. The van der Waals surface area contributed by atoms with Gasteiger partial charge < -0.3 is 20.1 Å². The van der Waals surface area contributed by atoms with Crippen LogP contribution in [0.1, 0.15) is 18.9 Å². The van der Waals surface area contributed by atoms with Crippen LogP contribution < -0.4 is 10.6 Å². The summed E-state index contributed by atoms with van der Waals surface area (Å²) in [5.41, 5.74) is 1.06. The van der Waals surface area contributed by atoms with Crippen LogP contribution in [0.2, 0.25) is 0 Å². The molecule has 0 spiro atoms. The zero-order valence-corrected chi connectivity index (χ0v) is 13.2. The number of nitrogens with zero attached hydrogens (tertiary/aromatic N) is 3. The molecular weight excluding hydrogens is 310 g/mol. The van der Waals surface area contributed by atoms with E-state index in [1.54, 1.807) is 24.3 Å². The normalized spacial score (nSPS) is 9.83. The molecule has 2 rings (SSSR count). The number of anilines is 2. The summed E-state index contributed by atoms with van der Waals surface area (Å²) in [7, 11) is 0. The highest BCUT2D eigenvalue weighted by Gasteiger charge is 2.17. The molecule has 0 aliphatic heterocycles. The van der Waals surface area contributed by atoms with Crippen LogP contribution >= 0.6 is 0 Å². The number of aromatic nitrogens is 1. The molecule has 1 aromatic carbocycles. The molecule has 8 nitrogen and oxygen atoms in total. The van der Waals surface area contributed by atoms with E-state index in [0.717, 1.165) is 0 Å². The van der Waals surface area contributed by atoms with Gasteiger partial charge in [-0.1, -0.05) is 12.1 Å². The van der Waals surface area contributed by atoms with Crippen molar-refractivity contribution in [3.63, 3.8) is 0 Å². The number of hydrogen-bond acceptors (Lipinski definition) is 5. The lowest BCUT2D eigenvalue weighted by atomic mass is 10.2. The van der Waals surface area contributed by atoms with E-state index in [4.69, 9.17) is 5.26 Å². The van der Waals surface area contributed by atoms with Crippen LogP contribution in [0.3, 0.4) is 0 Å². The first kappa shape index (κ1) is 17.0. The standard InChI is InChI=1S/C16H17N5O3/c1-2-8-21(11-15(22)19-14-7-9-24-20-14)16(23)18-13-5-3-12(10-17)4-6-13/h3-7,9H,2,8,11H2,1H3,(H,18,23)(H,19,20,22). The number of carbonyl (C=O) groups is 2. The molecule has 3 amide bonds. The summed E-state index contributed by atoms with van der Waals surface area (Å²) in [6.45, 7) is 2.23. The third-order valence-electron chi connectivity index (χ3n) is 3.09. The second kappa shape index (κ2) is 8.33. The van der Waals surface area contributed by atoms with Crippen molar-refractivity contribution in [3.05, 3.63) is 42.2 Å². The number of amides is 3. The van der Waals surface area contributed by atoms with Gasteiger partial charge in [-0.3, -0.25) is 4.79 Å². The topological polar surface area (TPSA) is 111 Å². The molecule has 0 aliphatic rings. The van der Waals surface area contributed by atoms with Gasteiger partial charge in [0, 0.05) is 18.3 Å². The van der Waals surface area contributed by atoms with E-state index in [1.807, 2.05) is 13.0 Å². The highest BCUT2D eigenvalue weighted by Crippen LogP contribution is 2.10. The van der Waals surface area contributed by atoms with Crippen molar-refractivity contribution in [2.24, 2.45) is 0 Å². The lowest BCUT2D eigenvalue weighted by molar-refractivity contribution is -0.116. The van der Waals surface area contributed by atoms with Crippen molar-refractivity contribution in [3.8, 4) is 6.07 Å². The molecule has 0 radical (unpaired) electrons. The minimum absolute atomic E-state index is 0.108. The highest BCUT2D eigenvalue weighted by molar-refractivity contribution is 5.96. The van der Waals surface area contributed by atoms with Gasteiger partial charge in [0.25, 0.3) is 0 Å². The largest absolute Gasteiger partial charge is 0.363 e. The van der Waals surface area contributed by atoms with Gasteiger partial charge in [-0.2, -0.15) is 5.26 Å². The van der Waals surface area contributed by atoms with Crippen LogP contribution in [0.25, 0.3) is 0 Å². The van der Waals surface area contributed by atoms with Gasteiger partial charge in [-0.25, -0.2) is 4.79 Å². The van der Waals surface area contributed by atoms with Crippen LogP contribution in [-0.4, -0.2) is 35.1 Å². The number of nitrogens with one attached hydrogen (secondary N) is 2. The SMILES string of the molecule is CCCN(CC(=O)Nc1ccon1)C(=O)Nc1ccc(C#N)cc1. The van der Waals surface area contributed by atoms with E-state index < -0.39 is 6.03 Å². The maximum absolute atomic E-state index is 12.3. The zero-order chi connectivity index (χ0) is 17.4. The average molecular weight is 327 g/mol. The third-order valence-corrected chi connectivity index (χ3v) is 3.09. The molecule has 0 unspecified atom stereocenters. The molecule has 1 heterocycles. The van der Waals surface area contributed by atoms with E-state index in [-0.39, 0.29) is 12.5 Å². The molecule has 0 saturated heterocycles. The molecular formula is C16H17N5O3. The number of hydrogen-bond donors (Lipinski definition) is 2. The smallest absolute Gasteiger partial charge is 0.322 e. The Bertz CT molecular complexity index is 719. The van der Waals surface area contributed by atoms with Crippen LogP contribution in [-0.2, 0) is 4.79 Å². The Morgan fingerprint density at radius 1 is 1.25 bits per heavy atom. The fourth-order valence-corrected chi connectivity index (χ4v) is 1.99. The van der Waals surface area contributed by atoms with Crippen molar-refractivity contribution in [1.29, 1.82) is 5.26 Å². The molecule has 0 saturated carbocycles. The Kier molecular flexibility index (Phi) is 5.91. The number of rotatable bonds is 6. The van der Waals surface area contributed by atoms with Gasteiger partial charge in [0.2, 0.25) is 5.91 Å². The quantitative estimate of drug-likeness (QED) is 0.846. The predicted molar refractivity (Wildman–Crippen MR) is 87.2 cm³/mol. The molecule has 1 aromatic heterocycles. The van der Waals surface area contributed by atoms with E-state index in [1.165, 1.54) is 17.2 Å². The van der Waals surface area contributed by atoms with Crippen molar-refractivity contribution < 1.29 is 14.1 Å². The van der Waals surface area contributed by atoms with Gasteiger partial charge in [0.05, 0.1) is 11.6 Å². The number of benzene rings is 1. The van der Waals surface area contributed by atoms with Crippen molar-refractivity contribution in [2.75, 3.05) is 23.7 Å². The lowest BCUT2D eigenvalue weighted by Gasteiger charge is -2.21. The second-order valence-electron chi connectivity index (χ2n) is 4.97. The monoisotopic (exact) mass is 327 g/mol.